The van der Waals surface area contributed by atoms with E-state index < -0.39 is 0 Å². The molecule has 7 heteroatoms. The van der Waals surface area contributed by atoms with E-state index >= 15 is 0 Å². The Morgan fingerprint density at radius 1 is 1.28 bits per heavy atom. The fraction of sp³-hybridized carbons (Fsp3) is 0.389. The maximum atomic E-state index is 11.6. The number of aliphatic hydroxyl groups excluding tert-OH is 1. The molecule has 1 unspecified atom stereocenters. The SMILES string of the molecule is O=C=C1SC(c2cccnc2)n2ccc(N3CCN(CCO)CC3)c21. The Balaban J connectivity index is 1.62. The summed E-state index contributed by atoms with van der Waals surface area (Å²) >= 11 is 1.53. The van der Waals surface area contributed by atoms with Gasteiger partial charge in [-0.1, -0.05) is 17.8 Å². The van der Waals surface area contributed by atoms with Gasteiger partial charge in [-0.3, -0.25) is 9.88 Å². The predicted molar refractivity (Wildman–Crippen MR) is 99.2 cm³/mol. The number of rotatable bonds is 4. The van der Waals surface area contributed by atoms with Gasteiger partial charge in [0.1, 0.15) is 16.2 Å². The summed E-state index contributed by atoms with van der Waals surface area (Å²) < 4.78 is 2.15. The van der Waals surface area contributed by atoms with Crippen molar-refractivity contribution in [2.24, 2.45) is 0 Å². The summed E-state index contributed by atoms with van der Waals surface area (Å²) in [5.41, 5.74) is 3.14. The molecule has 6 nitrogen and oxygen atoms in total. The number of piperazine rings is 1. The molecule has 4 rings (SSSR count). The standard InChI is InChI=1S/C18H20N4O2S/c23-11-10-20-6-8-21(9-7-20)15-3-5-22-17(15)16(13-24)25-18(22)14-2-1-4-19-12-14/h1-5,12,18,23H,6-11H2. The average Bonchev–Trinajstić information content (AvgIpc) is 3.24. The van der Waals surface area contributed by atoms with E-state index in [0.717, 1.165) is 49.7 Å². The minimum atomic E-state index is 0.0320. The molecular weight excluding hydrogens is 336 g/mol. The van der Waals surface area contributed by atoms with Crippen LogP contribution < -0.4 is 4.90 Å². The summed E-state index contributed by atoms with van der Waals surface area (Å²) in [6, 6.07) is 6.05. The van der Waals surface area contributed by atoms with Gasteiger partial charge in [0.05, 0.1) is 18.0 Å². The van der Waals surface area contributed by atoms with E-state index in [1.807, 2.05) is 18.3 Å². The third-order valence-corrected chi connectivity index (χ3v) is 6.02. The van der Waals surface area contributed by atoms with Crippen molar-refractivity contribution in [2.45, 2.75) is 5.37 Å². The highest BCUT2D eigenvalue weighted by Gasteiger charge is 2.33. The first-order valence-corrected chi connectivity index (χ1v) is 9.31. The van der Waals surface area contributed by atoms with Gasteiger partial charge in [-0.15, -0.1) is 0 Å². The van der Waals surface area contributed by atoms with E-state index in [9.17, 15) is 4.79 Å². The Morgan fingerprint density at radius 2 is 2.12 bits per heavy atom. The lowest BCUT2D eigenvalue weighted by molar-refractivity contribution is 0.189. The second-order valence-electron chi connectivity index (χ2n) is 6.20. The van der Waals surface area contributed by atoms with Crippen LogP contribution in [-0.2, 0) is 4.79 Å². The van der Waals surface area contributed by atoms with Crippen molar-refractivity contribution < 1.29 is 9.90 Å². The second-order valence-corrected chi connectivity index (χ2v) is 7.29. The van der Waals surface area contributed by atoms with Crippen LogP contribution in [0.1, 0.15) is 16.6 Å². The largest absolute Gasteiger partial charge is 0.395 e. The third kappa shape index (κ3) is 3.00. The molecule has 4 heterocycles. The lowest BCUT2D eigenvalue weighted by Gasteiger charge is -2.35. The molecule has 0 spiro atoms. The number of thioether (sulfide) groups is 1. The number of aromatic nitrogens is 2. The number of aliphatic hydroxyl groups is 1. The van der Waals surface area contributed by atoms with Crippen LogP contribution in [-0.4, -0.2) is 64.8 Å². The molecule has 1 fully saturated rings. The number of fused-ring (bicyclic) bond motifs is 1. The fourth-order valence-corrected chi connectivity index (χ4v) is 4.68. The molecule has 0 saturated carbocycles. The smallest absolute Gasteiger partial charge is 0.141 e. The van der Waals surface area contributed by atoms with Crippen LogP contribution in [0.25, 0.3) is 4.91 Å². The van der Waals surface area contributed by atoms with E-state index in [0.29, 0.717) is 4.91 Å². The molecule has 0 amide bonds. The van der Waals surface area contributed by atoms with Crippen molar-refractivity contribution in [2.75, 3.05) is 44.2 Å². The molecule has 1 N–H and O–H groups in total. The molecule has 1 atom stereocenters. The number of anilines is 1. The summed E-state index contributed by atoms with van der Waals surface area (Å²) in [4.78, 5) is 21.0. The predicted octanol–water partition coefficient (Wildman–Crippen LogP) is 1.46. The van der Waals surface area contributed by atoms with Crippen LogP contribution in [0, 0.1) is 0 Å². The molecule has 1 saturated heterocycles. The van der Waals surface area contributed by atoms with Crippen LogP contribution in [0.2, 0.25) is 0 Å². The van der Waals surface area contributed by atoms with E-state index in [1.54, 1.807) is 6.20 Å². The molecule has 130 valence electrons. The van der Waals surface area contributed by atoms with E-state index in [-0.39, 0.29) is 12.0 Å². The maximum absolute atomic E-state index is 11.6. The van der Waals surface area contributed by atoms with Gasteiger partial charge in [-0.25, -0.2) is 4.79 Å². The summed E-state index contributed by atoms with van der Waals surface area (Å²) in [6.07, 6.45) is 5.66. The highest BCUT2D eigenvalue weighted by atomic mass is 32.2. The van der Waals surface area contributed by atoms with Crippen molar-refractivity contribution in [1.82, 2.24) is 14.5 Å². The highest BCUT2D eigenvalue weighted by molar-refractivity contribution is 8.09. The number of nitrogens with zero attached hydrogens (tertiary/aromatic N) is 4. The van der Waals surface area contributed by atoms with Crippen LogP contribution in [0.3, 0.4) is 0 Å². The Hall–Kier alpha value is -2.05. The second kappa shape index (κ2) is 7.06. The molecule has 2 aromatic heterocycles. The van der Waals surface area contributed by atoms with Crippen molar-refractivity contribution in [3.63, 3.8) is 0 Å². The Labute approximate surface area is 150 Å². The molecule has 0 radical (unpaired) electrons. The summed E-state index contributed by atoms with van der Waals surface area (Å²) in [7, 11) is 0. The summed E-state index contributed by atoms with van der Waals surface area (Å²) in [5.74, 6) is 2.13. The fourth-order valence-electron chi connectivity index (χ4n) is 3.52. The first-order chi connectivity index (χ1) is 12.3. The van der Waals surface area contributed by atoms with Gasteiger partial charge in [0, 0.05) is 56.9 Å². The quantitative estimate of drug-likeness (QED) is 0.837. The van der Waals surface area contributed by atoms with Gasteiger partial charge >= 0.3 is 0 Å². The normalized spacial score (nSPS) is 20.6. The third-order valence-electron chi connectivity index (χ3n) is 4.78. The lowest BCUT2D eigenvalue weighted by Crippen LogP contribution is -2.47. The summed E-state index contributed by atoms with van der Waals surface area (Å²) in [6.45, 7) is 4.55. The zero-order valence-corrected chi connectivity index (χ0v) is 14.7. The monoisotopic (exact) mass is 356 g/mol. The van der Waals surface area contributed by atoms with Crippen LogP contribution in [0.5, 0.6) is 0 Å². The molecule has 0 aliphatic carbocycles. The van der Waals surface area contributed by atoms with E-state index in [4.69, 9.17) is 5.11 Å². The zero-order valence-electron chi connectivity index (χ0n) is 13.8. The minimum Gasteiger partial charge on any atom is -0.395 e. The summed E-state index contributed by atoms with van der Waals surface area (Å²) in [5, 5.41) is 9.12. The van der Waals surface area contributed by atoms with Crippen LogP contribution in [0.4, 0.5) is 5.69 Å². The first kappa shape index (κ1) is 16.4. The van der Waals surface area contributed by atoms with E-state index in [2.05, 4.69) is 37.6 Å². The van der Waals surface area contributed by atoms with E-state index in [1.165, 1.54) is 11.8 Å². The lowest BCUT2D eigenvalue weighted by atomic mass is 10.2. The van der Waals surface area contributed by atoms with Crippen molar-refractivity contribution >= 4 is 28.3 Å². The molecular formula is C18H20N4O2S. The van der Waals surface area contributed by atoms with Gasteiger partial charge in [0.2, 0.25) is 0 Å². The van der Waals surface area contributed by atoms with Gasteiger partial charge in [-0.05, 0) is 12.1 Å². The topological polar surface area (TPSA) is 61.6 Å². The van der Waals surface area contributed by atoms with Crippen molar-refractivity contribution in [1.29, 1.82) is 0 Å². The van der Waals surface area contributed by atoms with Crippen molar-refractivity contribution in [3.8, 4) is 0 Å². The first-order valence-electron chi connectivity index (χ1n) is 8.43. The van der Waals surface area contributed by atoms with Crippen LogP contribution >= 0.6 is 11.8 Å². The number of hydrogen-bond acceptors (Lipinski definition) is 6. The van der Waals surface area contributed by atoms with Gasteiger partial charge < -0.3 is 14.6 Å². The minimum absolute atomic E-state index is 0.0320. The van der Waals surface area contributed by atoms with Crippen molar-refractivity contribution in [3.05, 3.63) is 48.0 Å². The Bertz CT molecular complexity index is 793. The van der Waals surface area contributed by atoms with Gasteiger partial charge in [0.25, 0.3) is 0 Å². The Morgan fingerprint density at radius 3 is 2.80 bits per heavy atom. The van der Waals surface area contributed by atoms with Gasteiger partial charge in [0.15, 0.2) is 0 Å². The van der Waals surface area contributed by atoms with Gasteiger partial charge in [-0.2, -0.15) is 0 Å². The molecule has 25 heavy (non-hydrogen) atoms. The molecule has 0 aromatic carbocycles. The molecule has 2 aromatic rings. The number of pyridine rings is 1. The maximum Gasteiger partial charge on any atom is 0.141 e. The highest BCUT2D eigenvalue weighted by Crippen LogP contribution is 2.50. The zero-order chi connectivity index (χ0) is 17.2. The molecule has 2 aliphatic rings. The number of hydrogen-bond donors (Lipinski definition) is 1. The molecule has 2 aliphatic heterocycles. The molecule has 0 bridgehead atoms. The number of β-amino-alcohol motifs (C(OH)–C–C–N with tert-alkyl or cyclic N) is 1. The average molecular weight is 356 g/mol. The number of carbonyl (C=O) groups excluding carboxylic acids is 1. The Kier molecular flexibility index (Phi) is 4.63. The van der Waals surface area contributed by atoms with Crippen LogP contribution in [0.15, 0.2) is 36.8 Å².